The molecular formula is C10H18FNO2. The van der Waals surface area contributed by atoms with E-state index in [0.717, 1.165) is 0 Å². The van der Waals surface area contributed by atoms with Crippen molar-refractivity contribution in [1.82, 2.24) is 4.90 Å². The summed E-state index contributed by atoms with van der Waals surface area (Å²) in [6.45, 7) is 6.24. The Hall–Kier alpha value is -0.640. The fourth-order valence-corrected chi connectivity index (χ4v) is 1.89. The summed E-state index contributed by atoms with van der Waals surface area (Å²) in [5.74, 6) is -0.333. The molecule has 0 aromatic rings. The molecule has 0 aromatic carbocycles. The number of likely N-dealkylation sites (tertiary alicyclic amines) is 1. The molecule has 82 valence electrons. The van der Waals surface area contributed by atoms with Crippen LogP contribution in [0.3, 0.4) is 0 Å². The van der Waals surface area contributed by atoms with E-state index in [1.807, 2.05) is 25.7 Å². The van der Waals surface area contributed by atoms with Gasteiger partial charge in [-0.25, -0.2) is 4.39 Å². The predicted octanol–water partition coefficient (Wildman–Crippen LogP) is 1.37. The van der Waals surface area contributed by atoms with Gasteiger partial charge < -0.3 is 4.74 Å². The van der Waals surface area contributed by atoms with Crippen LogP contribution in [0.4, 0.5) is 4.39 Å². The third-order valence-corrected chi connectivity index (χ3v) is 2.58. The van der Waals surface area contributed by atoms with Gasteiger partial charge in [-0.2, -0.15) is 0 Å². The van der Waals surface area contributed by atoms with Crippen LogP contribution >= 0.6 is 0 Å². The molecule has 14 heavy (non-hydrogen) atoms. The molecule has 1 aliphatic heterocycles. The van der Waals surface area contributed by atoms with Gasteiger partial charge in [0.05, 0.1) is 7.11 Å². The number of ether oxygens (including phenoxy) is 1. The van der Waals surface area contributed by atoms with Crippen LogP contribution in [0.2, 0.25) is 0 Å². The van der Waals surface area contributed by atoms with E-state index in [0.29, 0.717) is 6.54 Å². The smallest absolute Gasteiger partial charge is 0.323 e. The van der Waals surface area contributed by atoms with Gasteiger partial charge in [-0.05, 0) is 20.8 Å². The maximum Gasteiger partial charge on any atom is 0.323 e. The molecule has 0 bridgehead atoms. The Bertz CT molecular complexity index is 225. The monoisotopic (exact) mass is 203 g/mol. The van der Waals surface area contributed by atoms with Crippen LogP contribution in [0.25, 0.3) is 0 Å². The number of alkyl halides is 1. The van der Waals surface area contributed by atoms with E-state index in [2.05, 4.69) is 4.74 Å². The second-order valence-corrected chi connectivity index (χ2v) is 4.70. The van der Waals surface area contributed by atoms with Crippen LogP contribution in [0.5, 0.6) is 0 Å². The van der Waals surface area contributed by atoms with E-state index in [-0.39, 0.29) is 17.9 Å². The number of rotatable bonds is 1. The quantitative estimate of drug-likeness (QED) is 0.603. The molecule has 0 saturated carbocycles. The van der Waals surface area contributed by atoms with Crippen molar-refractivity contribution in [2.45, 2.75) is 44.9 Å². The molecule has 3 nitrogen and oxygen atoms in total. The van der Waals surface area contributed by atoms with Gasteiger partial charge in [0.1, 0.15) is 12.2 Å². The first-order valence-electron chi connectivity index (χ1n) is 4.85. The molecule has 0 aromatic heterocycles. The van der Waals surface area contributed by atoms with Crippen molar-refractivity contribution in [2.24, 2.45) is 0 Å². The van der Waals surface area contributed by atoms with Crippen molar-refractivity contribution in [2.75, 3.05) is 13.7 Å². The lowest BCUT2D eigenvalue weighted by Crippen LogP contribution is -2.48. The van der Waals surface area contributed by atoms with Crippen molar-refractivity contribution in [3.05, 3.63) is 0 Å². The summed E-state index contributed by atoms with van der Waals surface area (Å²) < 4.78 is 17.9. The summed E-state index contributed by atoms with van der Waals surface area (Å²) in [7, 11) is 1.34. The van der Waals surface area contributed by atoms with E-state index in [1.54, 1.807) is 0 Å². The first-order valence-corrected chi connectivity index (χ1v) is 4.85. The van der Waals surface area contributed by atoms with Gasteiger partial charge >= 0.3 is 5.97 Å². The highest BCUT2D eigenvalue weighted by Crippen LogP contribution is 2.28. The van der Waals surface area contributed by atoms with Crippen LogP contribution in [0, 0.1) is 0 Å². The molecule has 1 fully saturated rings. The number of hydrogen-bond acceptors (Lipinski definition) is 3. The van der Waals surface area contributed by atoms with Crippen molar-refractivity contribution in [1.29, 1.82) is 0 Å². The molecular weight excluding hydrogens is 185 g/mol. The lowest BCUT2D eigenvalue weighted by atomic mass is 10.0. The Morgan fingerprint density at radius 3 is 2.50 bits per heavy atom. The Kier molecular flexibility index (Phi) is 3.14. The lowest BCUT2D eigenvalue weighted by Gasteiger charge is -2.35. The zero-order valence-electron chi connectivity index (χ0n) is 9.21. The zero-order chi connectivity index (χ0) is 10.9. The minimum atomic E-state index is -0.918. The summed E-state index contributed by atoms with van der Waals surface area (Å²) in [6.07, 6.45) is -0.664. The van der Waals surface area contributed by atoms with Crippen molar-refractivity contribution in [3.8, 4) is 0 Å². The highest BCUT2D eigenvalue weighted by Gasteiger charge is 2.42. The topological polar surface area (TPSA) is 29.5 Å². The molecule has 1 saturated heterocycles. The standard InChI is InChI=1S/C10H18FNO2/c1-10(2,3)12-6-7(11)5-8(12)9(13)14-4/h7-8H,5-6H2,1-4H3/t7-,8-/m1/s1. The van der Waals surface area contributed by atoms with E-state index in [9.17, 15) is 9.18 Å². The Balaban J connectivity index is 2.78. The fourth-order valence-electron chi connectivity index (χ4n) is 1.89. The molecule has 0 spiro atoms. The van der Waals surface area contributed by atoms with Gasteiger partial charge in [-0.1, -0.05) is 0 Å². The largest absolute Gasteiger partial charge is 0.468 e. The van der Waals surface area contributed by atoms with Crippen LogP contribution in [-0.4, -0.2) is 42.3 Å². The number of methoxy groups -OCH3 is 1. The Morgan fingerprint density at radius 1 is 1.50 bits per heavy atom. The van der Waals surface area contributed by atoms with Gasteiger partial charge in [-0.15, -0.1) is 0 Å². The zero-order valence-corrected chi connectivity index (χ0v) is 9.21. The third kappa shape index (κ3) is 2.23. The molecule has 0 radical (unpaired) electrons. The van der Waals surface area contributed by atoms with Gasteiger partial charge in [-0.3, -0.25) is 9.69 Å². The maximum atomic E-state index is 13.2. The van der Waals surface area contributed by atoms with Gasteiger partial charge in [0.25, 0.3) is 0 Å². The number of carbonyl (C=O) groups excluding carboxylic acids is 1. The number of nitrogens with zero attached hydrogens (tertiary/aromatic N) is 1. The van der Waals surface area contributed by atoms with Crippen LogP contribution in [-0.2, 0) is 9.53 Å². The fraction of sp³-hybridized carbons (Fsp3) is 0.900. The maximum absolute atomic E-state index is 13.2. The minimum absolute atomic E-state index is 0.195. The number of esters is 1. The lowest BCUT2D eigenvalue weighted by molar-refractivity contribution is -0.147. The average Bonchev–Trinajstić information content (AvgIpc) is 2.45. The second kappa shape index (κ2) is 3.85. The number of carbonyl (C=O) groups is 1. The molecule has 0 unspecified atom stereocenters. The molecule has 1 heterocycles. The minimum Gasteiger partial charge on any atom is -0.468 e. The van der Waals surface area contributed by atoms with Gasteiger partial charge in [0.15, 0.2) is 0 Å². The van der Waals surface area contributed by atoms with Crippen molar-refractivity contribution >= 4 is 5.97 Å². The third-order valence-electron chi connectivity index (χ3n) is 2.58. The van der Waals surface area contributed by atoms with E-state index in [4.69, 9.17) is 0 Å². The van der Waals surface area contributed by atoms with E-state index < -0.39 is 12.2 Å². The highest BCUT2D eigenvalue weighted by atomic mass is 19.1. The predicted molar refractivity (Wildman–Crippen MR) is 51.8 cm³/mol. The molecule has 0 amide bonds. The molecule has 0 aliphatic carbocycles. The highest BCUT2D eigenvalue weighted by molar-refractivity contribution is 5.76. The first kappa shape index (κ1) is 11.4. The Morgan fingerprint density at radius 2 is 2.07 bits per heavy atom. The van der Waals surface area contributed by atoms with Gasteiger partial charge in [0.2, 0.25) is 0 Å². The summed E-state index contributed by atoms with van der Waals surface area (Å²) in [4.78, 5) is 13.3. The van der Waals surface area contributed by atoms with Crippen LogP contribution in [0.1, 0.15) is 27.2 Å². The van der Waals surface area contributed by atoms with E-state index in [1.165, 1.54) is 7.11 Å². The van der Waals surface area contributed by atoms with Crippen molar-refractivity contribution in [3.63, 3.8) is 0 Å². The van der Waals surface area contributed by atoms with Crippen LogP contribution < -0.4 is 0 Å². The average molecular weight is 203 g/mol. The number of hydrogen-bond donors (Lipinski definition) is 0. The Labute approximate surface area is 84.2 Å². The van der Waals surface area contributed by atoms with Crippen LogP contribution in [0.15, 0.2) is 0 Å². The summed E-state index contributed by atoms with van der Waals surface area (Å²) in [5.41, 5.74) is -0.195. The summed E-state index contributed by atoms with van der Waals surface area (Å²) in [5, 5.41) is 0. The van der Waals surface area contributed by atoms with E-state index >= 15 is 0 Å². The van der Waals surface area contributed by atoms with Crippen molar-refractivity contribution < 1.29 is 13.9 Å². The molecule has 1 rings (SSSR count). The SMILES string of the molecule is COC(=O)[C@H]1C[C@@H](F)CN1C(C)(C)C. The second-order valence-electron chi connectivity index (χ2n) is 4.70. The first-order chi connectivity index (χ1) is 6.36. The normalized spacial score (nSPS) is 29.2. The van der Waals surface area contributed by atoms with Gasteiger partial charge in [0, 0.05) is 18.5 Å². The summed E-state index contributed by atoms with van der Waals surface area (Å²) in [6, 6.07) is -0.421. The number of halogens is 1. The molecule has 1 aliphatic rings. The molecule has 4 heteroatoms. The summed E-state index contributed by atoms with van der Waals surface area (Å²) >= 11 is 0. The molecule has 2 atom stereocenters. The molecule has 0 N–H and O–H groups in total.